The summed E-state index contributed by atoms with van der Waals surface area (Å²) in [6.45, 7) is 2.03. The zero-order valence-electron chi connectivity index (χ0n) is 18.1. The Balaban J connectivity index is 1.65. The first-order valence-corrected chi connectivity index (χ1v) is 11.5. The molecule has 174 valence electrons. The Hall–Kier alpha value is -3.08. The molecule has 0 saturated carbocycles. The van der Waals surface area contributed by atoms with Gasteiger partial charge in [-0.05, 0) is 55.5 Å². The topological polar surface area (TPSA) is 118 Å². The molecule has 1 atom stereocenters. The first-order chi connectivity index (χ1) is 15.9. The van der Waals surface area contributed by atoms with E-state index in [4.69, 9.17) is 16.3 Å². The highest BCUT2D eigenvalue weighted by atomic mass is 35.5. The van der Waals surface area contributed by atoms with Crippen molar-refractivity contribution in [2.45, 2.75) is 24.7 Å². The van der Waals surface area contributed by atoms with Crippen molar-refractivity contribution in [3.8, 4) is 5.75 Å². The second-order valence-corrected chi connectivity index (χ2v) is 8.24. The number of anilines is 1. The number of benzene rings is 2. The largest absolute Gasteiger partial charge is 0.497 e. The lowest BCUT2D eigenvalue weighted by molar-refractivity contribution is -0.113. The van der Waals surface area contributed by atoms with Crippen LogP contribution in [-0.4, -0.2) is 51.2 Å². The molecule has 2 amide bonds. The summed E-state index contributed by atoms with van der Waals surface area (Å²) in [5.41, 5.74) is 1.06. The summed E-state index contributed by atoms with van der Waals surface area (Å²) in [7, 11) is 1.55. The van der Waals surface area contributed by atoms with Gasteiger partial charge in [-0.15, -0.1) is 10.2 Å². The number of hydrogen-bond acceptors (Lipinski definition) is 7. The molecule has 0 aliphatic rings. The molecule has 11 heteroatoms. The minimum absolute atomic E-state index is 0.114. The Labute approximate surface area is 200 Å². The molecule has 3 aromatic rings. The number of amides is 2. The molecule has 1 heterocycles. The predicted molar refractivity (Wildman–Crippen MR) is 127 cm³/mol. The minimum Gasteiger partial charge on any atom is -0.497 e. The number of thioether (sulfide) groups is 1. The van der Waals surface area contributed by atoms with Crippen molar-refractivity contribution in [2.75, 3.05) is 24.8 Å². The average molecular weight is 490 g/mol. The summed E-state index contributed by atoms with van der Waals surface area (Å²) in [4.78, 5) is 24.9. The molecule has 0 radical (unpaired) electrons. The van der Waals surface area contributed by atoms with Gasteiger partial charge in [0.15, 0.2) is 11.0 Å². The van der Waals surface area contributed by atoms with E-state index in [1.807, 2.05) is 6.92 Å². The molecule has 3 N–H and O–H groups in total. The van der Waals surface area contributed by atoms with Crippen LogP contribution in [0.25, 0.3) is 0 Å². The normalized spacial score (nSPS) is 11.6. The van der Waals surface area contributed by atoms with Gasteiger partial charge >= 0.3 is 0 Å². The molecule has 0 fully saturated rings. The van der Waals surface area contributed by atoms with Crippen molar-refractivity contribution in [3.05, 3.63) is 64.9 Å². The first-order valence-electron chi connectivity index (χ1n) is 10.1. The van der Waals surface area contributed by atoms with Crippen molar-refractivity contribution in [1.29, 1.82) is 0 Å². The van der Waals surface area contributed by atoms with Gasteiger partial charge in [0, 0.05) is 22.8 Å². The highest BCUT2D eigenvalue weighted by Crippen LogP contribution is 2.22. The standard InChI is InChI=1S/C22H24ClN5O4S/c1-3-28-20(18(12-29)25-21(31)14-4-10-17(32-2)11-5-14)26-27-22(28)33-13-19(30)24-16-8-6-15(23)7-9-16/h4-11,18,29H,3,12-13H2,1-2H3,(H,24,30)(H,25,31)/t18-/m0/s1. The van der Waals surface area contributed by atoms with E-state index < -0.39 is 6.04 Å². The fourth-order valence-electron chi connectivity index (χ4n) is 3.00. The smallest absolute Gasteiger partial charge is 0.251 e. The van der Waals surface area contributed by atoms with E-state index in [9.17, 15) is 14.7 Å². The van der Waals surface area contributed by atoms with Crippen molar-refractivity contribution < 1.29 is 19.4 Å². The van der Waals surface area contributed by atoms with E-state index >= 15 is 0 Å². The summed E-state index contributed by atoms with van der Waals surface area (Å²) >= 11 is 7.07. The number of carbonyl (C=O) groups excluding carboxylic acids is 2. The lowest BCUT2D eigenvalue weighted by atomic mass is 10.2. The van der Waals surface area contributed by atoms with Crippen molar-refractivity contribution in [3.63, 3.8) is 0 Å². The van der Waals surface area contributed by atoms with E-state index in [-0.39, 0.29) is 24.2 Å². The molecule has 0 aliphatic carbocycles. The van der Waals surface area contributed by atoms with Crippen molar-refractivity contribution >= 4 is 40.9 Å². The van der Waals surface area contributed by atoms with Gasteiger partial charge in [-0.1, -0.05) is 23.4 Å². The molecule has 33 heavy (non-hydrogen) atoms. The average Bonchev–Trinajstić information content (AvgIpc) is 3.25. The van der Waals surface area contributed by atoms with Gasteiger partial charge in [0.2, 0.25) is 5.91 Å². The third-order valence-electron chi connectivity index (χ3n) is 4.67. The Morgan fingerprint density at radius 3 is 2.45 bits per heavy atom. The number of aliphatic hydroxyl groups is 1. The summed E-state index contributed by atoms with van der Waals surface area (Å²) in [6.07, 6.45) is 0. The molecule has 2 aromatic carbocycles. The van der Waals surface area contributed by atoms with Crippen LogP contribution in [0.5, 0.6) is 5.75 Å². The van der Waals surface area contributed by atoms with Gasteiger partial charge in [-0.25, -0.2) is 0 Å². The predicted octanol–water partition coefficient (Wildman–Crippen LogP) is 3.15. The van der Waals surface area contributed by atoms with Gasteiger partial charge < -0.3 is 25.0 Å². The zero-order chi connectivity index (χ0) is 23.8. The maximum absolute atomic E-state index is 12.6. The second kappa shape index (κ2) is 11.7. The van der Waals surface area contributed by atoms with Crippen LogP contribution >= 0.6 is 23.4 Å². The van der Waals surface area contributed by atoms with Gasteiger partial charge in [0.1, 0.15) is 11.8 Å². The summed E-state index contributed by atoms with van der Waals surface area (Å²) in [6, 6.07) is 12.7. The summed E-state index contributed by atoms with van der Waals surface area (Å²) in [5.74, 6) is 0.586. The molecule has 3 rings (SSSR count). The van der Waals surface area contributed by atoms with Crippen LogP contribution < -0.4 is 15.4 Å². The molecule has 0 aliphatic heterocycles. The second-order valence-electron chi connectivity index (χ2n) is 6.87. The van der Waals surface area contributed by atoms with E-state index in [0.717, 1.165) is 0 Å². The monoisotopic (exact) mass is 489 g/mol. The third-order valence-corrected chi connectivity index (χ3v) is 5.89. The molecular formula is C22H24ClN5O4S. The van der Waals surface area contributed by atoms with E-state index in [1.54, 1.807) is 60.2 Å². The third kappa shape index (κ3) is 6.47. The number of ether oxygens (including phenoxy) is 1. The first kappa shape index (κ1) is 24.6. The Morgan fingerprint density at radius 2 is 1.85 bits per heavy atom. The van der Waals surface area contributed by atoms with Crippen molar-refractivity contribution in [1.82, 2.24) is 20.1 Å². The fourth-order valence-corrected chi connectivity index (χ4v) is 3.93. The SMILES string of the molecule is CCn1c(SCC(=O)Nc2ccc(Cl)cc2)nnc1[C@H](CO)NC(=O)c1ccc(OC)cc1. The van der Waals surface area contributed by atoms with E-state index in [2.05, 4.69) is 20.8 Å². The number of hydrogen-bond donors (Lipinski definition) is 3. The maximum atomic E-state index is 12.6. The van der Waals surface area contributed by atoms with Crippen LogP contribution in [0.2, 0.25) is 5.02 Å². The number of aromatic nitrogens is 3. The highest BCUT2D eigenvalue weighted by molar-refractivity contribution is 7.99. The highest BCUT2D eigenvalue weighted by Gasteiger charge is 2.23. The number of nitrogens with one attached hydrogen (secondary N) is 2. The molecule has 0 saturated heterocycles. The van der Waals surface area contributed by atoms with Crippen LogP contribution in [0.15, 0.2) is 53.7 Å². The lowest BCUT2D eigenvalue weighted by Crippen LogP contribution is -2.32. The molecule has 0 unspecified atom stereocenters. The number of methoxy groups -OCH3 is 1. The number of carbonyl (C=O) groups is 2. The van der Waals surface area contributed by atoms with Crippen LogP contribution in [-0.2, 0) is 11.3 Å². The van der Waals surface area contributed by atoms with E-state index in [0.29, 0.717) is 39.5 Å². The van der Waals surface area contributed by atoms with Crippen molar-refractivity contribution in [2.24, 2.45) is 0 Å². The Morgan fingerprint density at radius 1 is 1.15 bits per heavy atom. The molecule has 0 spiro atoms. The lowest BCUT2D eigenvalue weighted by Gasteiger charge is -2.17. The minimum atomic E-state index is -0.760. The van der Waals surface area contributed by atoms with E-state index in [1.165, 1.54) is 11.8 Å². The van der Waals surface area contributed by atoms with Crippen LogP contribution in [0.4, 0.5) is 5.69 Å². The Kier molecular flexibility index (Phi) is 8.70. The van der Waals surface area contributed by atoms with Crippen LogP contribution in [0, 0.1) is 0 Å². The van der Waals surface area contributed by atoms with Crippen LogP contribution in [0.3, 0.4) is 0 Å². The molecule has 0 bridgehead atoms. The van der Waals surface area contributed by atoms with Gasteiger partial charge in [-0.3, -0.25) is 9.59 Å². The maximum Gasteiger partial charge on any atom is 0.251 e. The van der Waals surface area contributed by atoms with Crippen LogP contribution in [0.1, 0.15) is 29.1 Å². The van der Waals surface area contributed by atoms with Gasteiger partial charge in [0.05, 0.1) is 19.5 Å². The number of halogens is 1. The fraction of sp³-hybridized carbons (Fsp3) is 0.273. The zero-order valence-corrected chi connectivity index (χ0v) is 19.7. The van der Waals surface area contributed by atoms with Gasteiger partial charge in [-0.2, -0.15) is 0 Å². The summed E-state index contributed by atoms with van der Waals surface area (Å²) < 4.78 is 6.86. The van der Waals surface area contributed by atoms with Gasteiger partial charge in [0.25, 0.3) is 5.91 Å². The number of nitrogens with zero attached hydrogens (tertiary/aromatic N) is 3. The number of aliphatic hydroxyl groups excluding tert-OH is 1. The molecule has 9 nitrogen and oxygen atoms in total. The Bertz CT molecular complexity index is 1090. The number of rotatable bonds is 10. The molecular weight excluding hydrogens is 466 g/mol. The molecule has 1 aromatic heterocycles. The summed E-state index contributed by atoms with van der Waals surface area (Å²) in [5, 5.41) is 24.9. The quantitative estimate of drug-likeness (QED) is 0.374.